The van der Waals surface area contributed by atoms with E-state index in [1.807, 2.05) is 48.5 Å². The molecule has 0 radical (unpaired) electrons. The lowest BCUT2D eigenvalue weighted by Gasteiger charge is -2.02. The minimum atomic E-state index is -0.175. The molecule has 0 spiro atoms. The van der Waals surface area contributed by atoms with Gasteiger partial charge >= 0.3 is 0 Å². The first-order valence-electron chi connectivity index (χ1n) is 6.06. The predicted molar refractivity (Wildman–Crippen MR) is 84.8 cm³/mol. The molecule has 0 aliphatic heterocycles. The van der Waals surface area contributed by atoms with Gasteiger partial charge in [0, 0.05) is 16.2 Å². The van der Waals surface area contributed by atoms with Crippen LogP contribution in [0.5, 0.6) is 5.75 Å². The lowest BCUT2D eigenvalue weighted by molar-refractivity contribution is -0.111. The van der Waals surface area contributed by atoms with E-state index in [1.165, 1.54) is 6.08 Å². The third-order valence-electron chi connectivity index (χ3n) is 2.61. The number of carbonyl (C=O) groups is 1. The van der Waals surface area contributed by atoms with Gasteiger partial charge in [-0.05, 0) is 42.0 Å². The molecule has 20 heavy (non-hydrogen) atoms. The van der Waals surface area contributed by atoms with Crippen LogP contribution in [0.2, 0.25) is 0 Å². The average molecular weight is 332 g/mol. The Morgan fingerprint density at radius 2 is 2.00 bits per heavy atom. The Kier molecular flexibility index (Phi) is 4.96. The maximum atomic E-state index is 11.8. The fourth-order valence-electron chi connectivity index (χ4n) is 1.67. The van der Waals surface area contributed by atoms with Crippen LogP contribution >= 0.6 is 15.9 Å². The Morgan fingerprint density at radius 3 is 2.75 bits per heavy atom. The highest BCUT2D eigenvalue weighted by molar-refractivity contribution is 9.10. The van der Waals surface area contributed by atoms with Crippen LogP contribution < -0.4 is 10.1 Å². The van der Waals surface area contributed by atoms with Gasteiger partial charge in [0.2, 0.25) is 5.91 Å². The summed E-state index contributed by atoms with van der Waals surface area (Å²) in [6.45, 7) is 0. The summed E-state index contributed by atoms with van der Waals surface area (Å²) in [6.07, 6.45) is 3.24. The molecule has 0 unspecified atom stereocenters. The van der Waals surface area contributed by atoms with Crippen LogP contribution in [0.3, 0.4) is 0 Å². The summed E-state index contributed by atoms with van der Waals surface area (Å²) >= 11 is 3.36. The van der Waals surface area contributed by atoms with E-state index in [-0.39, 0.29) is 5.91 Å². The van der Waals surface area contributed by atoms with E-state index in [0.29, 0.717) is 0 Å². The number of hydrogen-bond donors (Lipinski definition) is 1. The molecule has 2 rings (SSSR count). The van der Waals surface area contributed by atoms with Gasteiger partial charge < -0.3 is 10.1 Å². The number of hydrogen-bond acceptors (Lipinski definition) is 2. The van der Waals surface area contributed by atoms with Crippen LogP contribution in [-0.2, 0) is 4.79 Å². The molecule has 1 N–H and O–H groups in total. The summed E-state index contributed by atoms with van der Waals surface area (Å²) in [5.74, 6) is 0.588. The topological polar surface area (TPSA) is 38.3 Å². The molecule has 0 saturated carbocycles. The summed E-state index contributed by atoms with van der Waals surface area (Å²) in [4.78, 5) is 11.8. The van der Waals surface area contributed by atoms with Crippen molar-refractivity contribution in [3.63, 3.8) is 0 Å². The zero-order chi connectivity index (χ0) is 14.4. The van der Waals surface area contributed by atoms with E-state index in [9.17, 15) is 4.79 Å². The first-order valence-corrected chi connectivity index (χ1v) is 6.85. The summed E-state index contributed by atoms with van der Waals surface area (Å²) in [5, 5.41) is 2.79. The van der Waals surface area contributed by atoms with E-state index < -0.39 is 0 Å². The maximum Gasteiger partial charge on any atom is 0.248 e. The van der Waals surface area contributed by atoms with Gasteiger partial charge in [0.05, 0.1) is 7.11 Å². The van der Waals surface area contributed by atoms with Crippen molar-refractivity contribution in [2.75, 3.05) is 12.4 Å². The lowest BCUT2D eigenvalue weighted by atomic mass is 10.2. The van der Waals surface area contributed by atoms with Gasteiger partial charge in [0.1, 0.15) is 5.75 Å². The molecule has 0 aliphatic carbocycles. The molecule has 0 aliphatic rings. The molecule has 3 nitrogen and oxygen atoms in total. The number of carbonyl (C=O) groups excluding carboxylic acids is 1. The number of anilines is 1. The van der Waals surface area contributed by atoms with E-state index in [0.717, 1.165) is 21.5 Å². The Bertz CT molecular complexity index is 638. The van der Waals surface area contributed by atoms with Crippen LogP contribution in [0.1, 0.15) is 5.56 Å². The fourth-order valence-corrected chi connectivity index (χ4v) is 2.07. The van der Waals surface area contributed by atoms with E-state index >= 15 is 0 Å². The van der Waals surface area contributed by atoms with E-state index in [4.69, 9.17) is 4.74 Å². The van der Waals surface area contributed by atoms with Crippen LogP contribution in [0, 0.1) is 0 Å². The molecular formula is C16H14BrNO2. The van der Waals surface area contributed by atoms with Crippen molar-refractivity contribution < 1.29 is 9.53 Å². The van der Waals surface area contributed by atoms with Gasteiger partial charge in [0.25, 0.3) is 0 Å². The van der Waals surface area contributed by atoms with Crippen LogP contribution in [0.4, 0.5) is 5.69 Å². The molecule has 102 valence electrons. The minimum absolute atomic E-state index is 0.175. The Labute approximate surface area is 126 Å². The van der Waals surface area contributed by atoms with Crippen molar-refractivity contribution in [1.29, 1.82) is 0 Å². The standard InChI is InChI=1S/C16H14BrNO2/c1-20-15-7-2-4-12(10-15)8-9-16(19)18-14-6-3-5-13(17)11-14/h2-11H,1H3,(H,18,19)/b9-8+. The van der Waals surface area contributed by atoms with Crippen molar-refractivity contribution in [3.8, 4) is 5.75 Å². The quantitative estimate of drug-likeness (QED) is 0.856. The van der Waals surface area contributed by atoms with Crippen molar-refractivity contribution in [3.05, 3.63) is 64.6 Å². The third kappa shape index (κ3) is 4.24. The number of ether oxygens (including phenoxy) is 1. The van der Waals surface area contributed by atoms with Gasteiger partial charge in [-0.15, -0.1) is 0 Å². The van der Waals surface area contributed by atoms with Crippen LogP contribution in [-0.4, -0.2) is 13.0 Å². The molecule has 0 fully saturated rings. The van der Waals surface area contributed by atoms with Crippen molar-refractivity contribution in [2.45, 2.75) is 0 Å². The van der Waals surface area contributed by atoms with Gasteiger partial charge in [-0.3, -0.25) is 4.79 Å². The van der Waals surface area contributed by atoms with E-state index in [2.05, 4.69) is 21.2 Å². The third-order valence-corrected chi connectivity index (χ3v) is 3.11. The van der Waals surface area contributed by atoms with E-state index in [1.54, 1.807) is 13.2 Å². The molecule has 2 aromatic rings. The van der Waals surface area contributed by atoms with Crippen molar-refractivity contribution >= 4 is 33.6 Å². The van der Waals surface area contributed by atoms with Gasteiger partial charge in [-0.1, -0.05) is 34.1 Å². The first-order chi connectivity index (χ1) is 9.67. The Morgan fingerprint density at radius 1 is 1.20 bits per heavy atom. The number of benzene rings is 2. The monoisotopic (exact) mass is 331 g/mol. The minimum Gasteiger partial charge on any atom is -0.497 e. The fraction of sp³-hybridized carbons (Fsp3) is 0.0625. The van der Waals surface area contributed by atoms with Crippen LogP contribution in [0.15, 0.2) is 59.1 Å². The highest BCUT2D eigenvalue weighted by atomic mass is 79.9. The zero-order valence-electron chi connectivity index (χ0n) is 11.0. The summed E-state index contributed by atoms with van der Waals surface area (Å²) < 4.78 is 6.05. The average Bonchev–Trinajstić information content (AvgIpc) is 2.45. The SMILES string of the molecule is COc1cccc(/C=C/C(=O)Nc2cccc(Br)c2)c1. The highest BCUT2D eigenvalue weighted by Crippen LogP contribution is 2.16. The van der Waals surface area contributed by atoms with Gasteiger partial charge in [-0.2, -0.15) is 0 Å². The second-order valence-corrected chi connectivity index (χ2v) is 5.03. The normalized spacial score (nSPS) is 10.5. The number of rotatable bonds is 4. The number of amides is 1. The lowest BCUT2D eigenvalue weighted by Crippen LogP contribution is -2.07. The summed E-state index contributed by atoms with van der Waals surface area (Å²) in [7, 11) is 1.61. The smallest absolute Gasteiger partial charge is 0.248 e. The van der Waals surface area contributed by atoms with Crippen LogP contribution in [0.25, 0.3) is 6.08 Å². The molecule has 4 heteroatoms. The molecule has 2 aromatic carbocycles. The maximum absolute atomic E-state index is 11.8. The molecule has 0 atom stereocenters. The molecule has 0 bridgehead atoms. The molecule has 0 aromatic heterocycles. The predicted octanol–water partition coefficient (Wildman–Crippen LogP) is 4.11. The Hall–Kier alpha value is -2.07. The Balaban J connectivity index is 2.02. The second kappa shape index (κ2) is 6.91. The number of methoxy groups -OCH3 is 1. The number of halogens is 1. The van der Waals surface area contributed by atoms with Gasteiger partial charge in [-0.25, -0.2) is 0 Å². The number of nitrogens with one attached hydrogen (secondary N) is 1. The van der Waals surface area contributed by atoms with Crippen molar-refractivity contribution in [2.24, 2.45) is 0 Å². The largest absolute Gasteiger partial charge is 0.497 e. The van der Waals surface area contributed by atoms with Gasteiger partial charge in [0.15, 0.2) is 0 Å². The first kappa shape index (κ1) is 14.3. The zero-order valence-corrected chi connectivity index (χ0v) is 12.6. The van der Waals surface area contributed by atoms with Crippen molar-refractivity contribution in [1.82, 2.24) is 0 Å². The molecule has 1 amide bonds. The molecule has 0 saturated heterocycles. The summed E-state index contributed by atoms with van der Waals surface area (Å²) in [5.41, 5.74) is 1.66. The molecular weight excluding hydrogens is 318 g/mol. The summed E-state index contributed by atoms with van der Waals surface area (Å²) in [6, 6.07) is 15.0. The second-order valence-electron chi connectivity index (χ2n) is 4.11. The highest BCUT2D eigenvalue weighted by Gasteiger charge is 1.98. The molecule has 0 heterocycles.